The van der Waals surface area contributed by atoms with E-state index in [2.05, 4.69) is 0 Å². The van der Waals surface area contributed by atoms with Gasteiger partial charge in [0.2, 0.25) is 5.91 Å². The summed E-state index contributed by atoms with van der Waals surface area (Å²) in [7, 11) is 0. The number of amides is 1. The average Bonchev–Trinajstić information content (AvgIpc) is 3.09. The number of non-ortho nitro benzene ring substituents is 1. The molecule has 2 aromatic rings. The molecule has 0 saturated carbocycles. The third-order valence-corrected chi connectivity index (χ3v) is 6.32. The molecule has 4 rings (SSSR count). The second-order valence-corrected chi connectivity index (χ2v) is 8.58. The van der Waals surface area contributed by atoms with E-state index in [-0.39, 0.29) is 42.5 Å². The Morgan fingerprint density at radius 1 is 1.20 bits per heavy atom. The van der Waals surface area contributed by atoms with Crippen molar-refractivity contribution >= 4 is 17.6 Å². The first-order valence-corrected chi connectivity index (χ1v) is 11.3. The van der Waals surface area contributed by atoms with Gasteiger partial charge in [0.25, 0.3) is 5.69 Å². The smallest absolute Gasteiger partial charge is 0.355 e. The normalized spacial score (nSPS) is 22.1. The molecule has 9 heteroatoms. The molecule has 2 heterocycles. The van der Waals surface area contributed by atoms with Crippen LogP contribution in [0, 0.1) is 22.0 Å². The molecule has 4 atom stereocenters. The Labute approximate surface area is 202 Å². The van der Waals surface area contributed by atoms with Crippen molar-refractivity contribution in [2.24, 2.45) is 11.8 Å². The number of β-lactam (4-membered cyclic amide) rings is 1. The number of allylic oxidation sites excluding steroid dienone is 1. The number of aliphatic hydroxyl groups is 1. The summed E-state index contributed by atoms with van der Waals surface area (Å²) in [5.74, 6) is -1.06. The maximum atomic E-state index is 13.1. The molecule has 2 aromatic carbocycles. The fourth-order valence-corrected chi connectivity index (χ4v) is 4.57. The number of carbonyl (C=O) groups excluding carboxylic acids is 2. The van der Waals surface area contributed by atoms with Gasteiger partial charge in [-0.1, -0.05) is 31.2 Å². The summed E-state index contributed by atoms with van der Waals surface area (Å²) < 4.78 is 11.2. The lowest BCUT2D eigenvalue weighted by Gasteiger charge is -2.46. The second kappa shape index (κ2) is 10.1. The SMILES string of the molecule is C[C@@H](O)[C@H]1C(=O)N2C(C(=O)OCc3ccc([N+](=O)[O-])cc3)=C(/C=C/COc3ccccc3)[C@H](C)[C@H]12. The van der Waals surface area contributed by atoms with Crippen molar-refractivity contribution in [2.45, 2.75) is 32.6 Å². The van der Waals surface area contributed by atoms with E-state index in [0.717, 1.165) is 0 Å². The van der Waals surface area contributed by atoms with Crippen LogP contribution in [0.2, 0.25) is 0 Å². The highest BCUT2D eigenvalue weighted by molar-refractivity contribution is 6.01. The third kappa shape index (κ3) is 4.81. The second-order valence-electron chi connectivity index (χ2n) is 8.58. The number of hydrogen-bond acceptors (Lipinski definition) is 7. The number of esters is 1. The Balaban J connectivity index is 1.52. The van der Waals surface area contributed by atoms with E-state index in [9.17, 15) is 24.8 Å². The Morgan fingerprint density at radius 2 is 1.89 bits per heavy atom. The number of fused-ring (bicyclic) bond motifs is 1. The number of rotatable bonds is 9. The van der Waals surface area contributed by atoms with E-state index in [1.54, 1.807) is 19.1 Å². The minimum absolute atomic E-state index is 0.0595. The zero-order chi connectivity index (χ0) is 25.1. The van der Waals surface area contributed by atoms with Crippen molar-refractivity contribution in [1.29, 1.82) is 0 Å². The first-order chi connectivity index (χ1) is 16.8. The molecular weight excluding hydrogens is 452 g/mol. The van der Waals surface area contributed by atoms with Gasteiger partial charge in [0.1, 0.15) is 24.7 Å². The summed E-state index contributed by atoms with van der Waals surface area (Å²) in [5.41, 5.74) is 1.31. The Bertz CT molecular complexity index is 1170. The molecule has 1 fully saturated rings. The van der Waals surface area contributed by atoms with Crippen LogP contribution < -0.4 is 4.74 Å². The van der Waals surface area contributed by atoms with Crippen LogP contribution in [0.5, 0.6) is 5.75 Å². The van der Waals surface area contributed by atoms with Gasteiger partial charge in [-0.2, -0.15) is 0 Å². The van der Waals surface area contributed by atoms with Gasteiger partial charge >= 0.3 is 5.97 Å². The zero-order valence-electron chi connectivity index (χ0n) is 19.4. The number of para-hydroxylation sites is 1. The molecular formula is C26H26N2O7. The van der Waals surface area contributed by atoms with Crippen molar-refractivity contribution in [1.82, 2.24) is 4.90 Å². The number of nitro benzene ring substituents is 1. The molecule has 2 aliphatic rings. The number of ether oxygens (including phenoxy) is 2. The predicted octanol–water partition coefficient (Wildman–Crippen LogP) is 3.38. The Hall–Kier alpha value is -3.98. The lowest BCUT2D eigenvalue weighted by molar-refractivity contribution is -0.384. The van der Waals surface area contributed by atoms with Gasteiger partial charge in [0.15, 0.2) is 0 Å². The van der Waals surface area contributed by atoms with Crippen LogP contribution >= 0.6 is 0 Å². The Kier molecular flexibility index (Phi) is 6.97. The highest BCUT2D eigenvalue weighted by Gasteiger charge is 2.59. The lowest BCUT2D eigenvalue weighted by Crippen LogP contribution is -2.63. The molecule has 182 valence electrons. The number of hydrogen-bond donors (Lipinski definition) is 1. The quantitative estimate of drug-likeness (QED) is 0.254. The summed E-state index contributed by atoms with van der Waals surface area (Å²) >= 11 is 0. The van der Waals surface area contributed by atoms with Crippen molar-refractivity contribution in [3.8, 4) is 5.75 Å². The molecule has 2 aliphatic heterocycles. The number of aliphatic hydroxyl groups excluding tert-OH is 1. The Morgan fingerprint density at radius 3 is 2.51 bits per heavy atom. The van der Waals surface area contributed by atoms with Gasteiger partial charge in [-0.15, -0.1) is 0 Å². The van der Waals surface area contributed by atoms with E-state index in [1.165, 1.54) is 29.2 Å². The van der Waals surface area contributed by atoms with E-state index >= 15 is 0 Å². The van der Waals surface area contributed by atoms with Crippen LogP contribution in [0.4, 0.5) is 5.69 Å². The van der Waals surface area contributed by atoms with Crippen LogP contribution in [0.3, 0.4) is 0 Å². The van der Waals surface area contributed by atoms with Crippen molar-refractivity contribution in [3.05, 3.63) is 93.7 Å². The van der Waals surface area contributed by atoms with Crippen molar-refractivity contribution in [2.75, 3.05) is 6.61 Å². The number of nitro groups is 1. The van der Waals surface area contributed by atoms with Gasteiger partial charge in [-0.05, 0) is 48.4 Å². The van der Waals surface area contributed by atoms with Crippen LogP contribution in [-0.2, 0) is 20.9 Å². The minimum Gasteiger partial charge on any atom is -0.490 e. The first kappa shape index (κ1) is 24.2. The van der Waals surface area contributed by atoms with Crippen LogP contribution in [0.25, 0.3) is 0 Å². The highest BCUT2D eigenvalue weighted by Crippen LogP contribution is 2.47. The summed E-state index contributed by atoms with van der Waals surface area (Å²) in [4.78, 5) is 37.6. The lowest BCUT2D eigenvalue weighted by atomic mass is 9.78. The summed E-state index contributed by atoms with van der Waals surface area (Å²) in [6.45, 7) is 3.65. The van der Waals surface area contributed by atoms with Crippen molar-refractivity contribution in [3.63, 3.8) is 0 Å². The minimum atomic E-state index is -0.840. The fourth-order valence-electron chi connectivity index (χ4n) is 4.57. The first-order valence-electron chi connectivity index (χ1n) is 11.3. The maximum absolute atomic E-state index is 13.1. The summed E-state index contributed by atoms with van der Waals surface area (Å²) in [6.07, 6.45) is 2.70. The topological polar surface area (TPSA) is 119 Å². The molecule has 35 heavy (non-hydrogen) atoms. The molecule has 0 bridgehead atoms. The van der Waals surface area contributed by atoms with E-state index in [0.29, 0.717) is 16.9 Å². The molecule has 1 amide bonds. The molecule has 0 aliphatic carbocycles. The van der Waals surface area contributed by atoms with E-state index in [4.69, 9.17) is 9.47 Å². The molecule has 0 unspecified atom stereocenters. The number of carbonyl (C=O) groups is 2. The molecule has 0 aromatic heterocycles. The fraction of sp³-hybridized carbons (Fsp3) is 0.308. The summed E-state index contributed by atoms with van der Waals surface area (Å²) in [5, 5.41) is 20.9. The third-order valence-electron chi connectivity index (χ3n) is 6.32. The molecule has 1 N–H and O–H groups in total. The number of nitrogens with zero attached hydrogens (tertiary/aromatic N) is 2. The van der Waals surface area contributed by atoms with E-state index < -0.39 is 22.9 Å². The highest BCUT2D eigenvalue weighted by atomic mass is 16.6. The average molecular weight is 479 g/mol. The van der Waals surface area contributed by atoms with Crippen LogP contribution in [-0.4, -0.2) is 45.6 Å². The van der Waals surface area contributed by atoms with Gasteiger partial charge in [0, 0.05) is 18.1 Å². The molecule has 1 saturated heterocycles. The molecule has 9 nitrogen and oxygen atoms in total. The van der Waals surface area contributed by atoms with Gasteiger partial charge < -0.3 is 19.5 Å². The largest absolute Gasteiger partial charge is 0.490 e. The maximum Gasteiger partial charge on any atom is 0.355 e. The van der Waals surface area contributed by atoms with Crippen molar-refractivity contribution < 1.29 is 29.1 Å². The monoisotopic (exact) mass is 478 g/mol. The zero-order valence-corrected chi connectivity index (χ0v) is 19.4. The van der Waals surface area contributed by atoms with Crippen LogP contribution in [0.1, 0.15) is 19.4 Å². The van der Waals surface area contributed by atoms with Crippen LogP contribution in [0.15, 0.2) is 78.0 Å². The number of benzene rings is 2. The van der Waals surface area contributed by atoms with E-state index in [1.807, 2.05) is 37.3 Å². The van der Waals surface area contributed by atoms with Gasteiger partial charge in [0.05, 0.1) is 23.0 Å². The van der Waals surface area contributed by atoms with Gasteiger partial charge in [-0.3, -0.25) is 14.9 Å². The predicted molar refractivity (Wildman–Crippen MR) is 126 cm³/mol. The van der Waals surface area contributed by atoms with Gasteiger partial charge in [-0.25, -0.2) is 4.79 Å². The summed E-state index contributed by atoms with van der Waals surface area (Å²) in [6, 6.07) is 14.7. The standard InChI is InChI=1S/C26H26N2O7/c1-16-21(9-6-14-34-20-7-4-3-5-8-20)24(27-23(16)22(17(2)29)25(27)30)26(31)35-15-18-10-12-19(13-11-18)28(32)33/h3-13,16-17,22-23,29H,14-15H2,1-2H3/b9-6+/t16-,17+,22+,23+/m0/s1. The molecule has 0 radical (unpaired) electrons. The molecule has 0 spiro atoms.